The van der Waals surface area contributed by atoms with E-state index in [-0.39, 0.29) is 18.4 Å². The minimum Gasteiger partial charge on any atom is -0.491 e. The fraction of sp³-hybridized carbons (Fsp3) is 0.300. The van der Waals surface area contributed by atoms with Crippen LogP contribution in [-0.2, 0) is 11.2 Å². The molecule has 0 radical (unpaired) electrons. The van der Waals surface area contributed by atoms with Crippen molar-refractivity contribution in [1.29, 1.82) is 0 Å². The topological polar surface area (TPSA) is 26.3 Å². The summed E-state index contributed by atoms with van der Waals surface area (Å²) >= 11 is 0. The minimum absolute atomic E-state index is 0.0160. The molecule has 0 aliphatic carbocycles. The second kappa shape index (κ2) is 4.82. The van der Waals surface area contributed by atoms with Gasteiger partial charge in [0, 0.05) is 6.42 Å². The van der Waals surface area contributed by atoms with E-state index in [9.17, 15) is 18.0 Å². The fourth-order valence-corrected chi connectivity index (χ4v) is 1.21. The Morgan fingerprint density at radius 2 is 2.00 bits per heavy atom. The van der Waals surface area contributed by atoms with Crippen LogP contribution in [0.4, 0.5) is 13.2 Å². The van der Waals surface area contributed by atoms with E-state index in [4.69, 9.17) is 0 Å². The third-order valence-corrected chi connectivity index (χ3v) is 1.93. The van der Waals surface area contributed by atoms with Crippen molar-refractivity contribution in [2.45, 2.75) is 12.8 Å². The van der Waals surface area contributed by atoms with Crippen LogP contribution in [0.25, 0.3) is 0 Å². The highest BCUT2D eigenvalue weighted by molar-refractivity contribution is 5.50. The number of hydrogen-bond donors (Lipinski definition) is 0. The van der Waals surface area contributed by atoms with Crippen LogP contribution in [0.5, 0.6) is 5.75 Å². The van der Waals surface area contributed by atoms with E-state index in [1.54, 1.807) is 0 Å². The number of methoxy groups -OCH3 is 1. The molecule has 0 saturated carbocycles. The molecule has 0 spiro atoms. The second-order valence-corrected chi connectivity index (χ2v) is 2.88. The van der Waals surface area contributed by atoms with Gasteiger partial charge in [0.05, 0.1) is 7.11 Å². The molecule has 82 valence electrons. The zero-order chi connectivity index (χ0) is 11.4. The standard InChI is InChI=1S/C10H9F3O2/c1-15-10-7(11)5-6(3-2-4-14)8(12)9(10)13/h4-5H,2-3H2,1H3. The van der Waals surface area contributed by atoms with E-state index in [0.29, 0.717) is 6.29 Å². The highest BCUT2D eigenvalue weighted by atomic mass is 19.2. The molecule has 0 aliphatic rings. The monoisotopic (exact) mass is 218 g/mol. The van der Waals surface area contributed by atoms with E-state index in [2.05, 4.69) is 4.74 Å². The van der Waals surface area contributed by atoms with Crippen LogP contribution < -0.4 is 4.74 Å². The lowest BCUT2D eigenvalue weighted by atomic mass is 10.1. The Kier molecular flexibility index (Phi) is 3.71. The molecule has 0 unspecified atom stereocenters. The molecular weight excluding hydrogens is 209 g/mol. The van der Waals surface area contributed by atoms with Crippen LogP contribution in [0.2, 0.25) is 0 Å². The highest BCUT2D eigenvalue weighted by Crippen LogP contribution is 2.26. The van der Waals surface area contributed by atoms with Gasteiger partial charge < -0.3 is 9.53 Å². The minimum atomic E-state index is -1.36. The number of halogens is 3. The summed E-state index contributed by atoms with van der Waals surface area (Å²) in [5, 5.41) is 0. The molecule has 0 aromatic heterocycles. The number of carbonyl (C=O) groups excluding carboxylic acids is 1. The molecule has 2 nitrogen and oxygen atoms in total. The third kappa shape index (κ3) is 2.29. The van der Waals surface area contributed by atoms with Crippen molar-refractivity contribution in [2.24, 2.45) is 0 Å². The lowest BCUT2D eigenvalue weighted by Gasteiger charge is -2.07. The van der Waals surface area contributed by atoms with Gasteiger partial charge in [0.15, 0.2) is 17.4 Å². The Balaban J connectivity index is 3.15. The SMILES string of the molecule is COc1c(F)cc(CCC=O)c(F)c1F. The molecule has 0 atom stereocenters. The van der Waals surface area contributed by atoms with E-state index in [1.165, 1.54) is 0 Å². The normalized spacial score (nSPS) is 10.1. The second-order valence-electron chi connectivity index (χ2n) is 2.88. The number of carbonyl (C=O) groups is 1. The van der Waals surface area contributed by atoms with Gasteiger partial charge in [0.2, 0.25) is 5.82 Å². The fourth-order valence-electron chi connectivity index (χ4n) is 1.21. The zero-order valence-electron chi connectivity index (χ0n) is 8.02. The van der Waals surface area contributed by atoms with Gasteiger partial charge in [-0.2, -0.15) is 4.39 Å². The van der Waals surface area contributed by atoms with Gasteiger partial charge in [0.1, 0.15) is 6.29 Å². The van der Waals surface area contributed by atoms with Crippen molar-refractivity contribution in [2.75, 3.05) is 7.11 Å². The molecule has 0 amide bonds. The van der Waals surface area contributed by atoms with Gasteiger partial charge in [-0.25, -0.2) is 8.78 Å². The third-order valence-electron chi connectivity index (χ3n) is 1.93. The maximum atomic E-state index is 13.2. The van der Waals surface area contributed by atoms with Crippen molar-refractivity contribution in [3.8, 4) is 5.75 Å². The average Bonchev–Trinajstić information content (AvgIpc) is 2.22. The molecule has 1 aromatic carbocycles. The van der Waals surface area contributed by atoms with Gasteiger partial charge in [-0.05, 0) is 18.1 Å². The first-order valence-electron chi connectivity index (χ1n) is 4.25. The Morgan fingerprint density at radius 1 is 1.33 bits per heavy atom. The molecule has 1 rings (SSSR count). The summed E-state index contributed by atoms with van der Waals surface area (Å²) in [5.74, 6) is -4.26. The van der Waals surface area contributed by atoms with E-state index in [1.807, 2.05) is 0 Å². The lowest BCUT2D eigenvalue weighted by molar-refractivity contribution is -0.107. The van der Waals surface area contributed by atoms with Crippen LogP contribution in [0.1, 0.15) is 12.0 Å². The Morgan fingerprint density at radius 3 is 2.53 bits per heavy atom. The van der Waals surface area contributed by atoms with Crippen LogP contribution in [0, 0.1) is 17.5 Å². The van der Waals surface area contributed by atoms with E-state index in [0.717, 1.165) is 13.2 Å². The van der Waals surface area contributed by atoms with Gasteiger partial charge >= 0.3 is 0 Å². The van der Waals surface area contributed by atoms with Crippen LogP contribution in [-0.4, -0.2) is 13.4 Å². The predicted octanol–water partition coefficient (Wildman–Crippen LogP) is 2.24. The molecule has 0 heterocycles. The maximum absolute atomic E-state index is 13.2. The van der Waals surface area contributed by atoms with Crippen LogP contribution in [0.15, 0.2) is 6.07 Å². The molecule has 0 N–H and O–H groups in total. The predicted molar refractivity (Wildman–Crippen MR) is 47.3 cm³/mol. The van der Waals surface area contributed by atoms with E-state index < -0.39 is 23.2 Å². The summed E-state index contributed by atoms with van der Waals surface area (Å²) in [6.45, 7) is 0. The molecule has 0 saturated heterocycles. The van der Waals surface area contributed by atoms with Gasteiger partial charge in [-0.3, -0.25) is 0 Å². The maximum Gasteiger partial charge on any atom is 0.203 e. The molecule has 0 aliphatic heterocycles. The first-order chi connectivity index (χ1) is 7.11. The number of benzene rings is 1. The van der Waals surface area contributed by atoms with Crippen molar-refractivity contribution in [3.05, 3.63) is 29.1 Å². The van der Waals surface area contributed by atoms with Crippen molar-refractivity contribution >= 4 is 6.29 Å². The van der Waals surface area contributed by atoms with Crippen molar-refractivity contribution < 1.29 is 22.7 Å². The summed E-state index contributed by atoms with van der Waals surface area (Å²) in [6.07, 6.45) is 0.536. The quantitative estimate of drug-likeness (QED) is 0.572. The van der Waals surface area contributed by atoms with Gasteiger partial charge in [-0.1, -0.05) is 0 Å². The summed E-state index contributed by atoms with van der Waals surface area (Å²) in [6, 6.07) is 0.834. The molecule has 0 fully saturated rings. The number of hydrogen-bond acceptors (Lipinski definition) is 2. The van der Waals surface area contributed by atoms with Gasteiger partial charge in [0.25, 0.3) is 0 Å². The Labute approximate surface area is 84.7 Å². The van der Waals surface area contributed by atoms with Crippen molar-refractivity contribution in [1.82, 2.24) is 0 Å². The zero-order valence-corrected chi connectivity index (χ0v) is 8.02. The molecule has 0 bridgehead atoms. The molecule has 5 heteroatoms. The largest absolute Gasteiger partial charge is 0.491 e. The van der Waals surface area contributed by atoms with E-state index >= 15 is 0 Å². The molecular formula is C10H9F3O2. The first-order valence-corrected chi connectivity index (χ1v) is 4.25. The average molecular weight is 218 g/mol. The summed E-state index contributed by atoms with van der Waals surface area (Å²) < 4.78 is 43.8. The number of aldehydes is 1. The van der Waals surface area contributed by atoms with Gasteiger partial charge in [-0.15, -0.1) is 0 Å². The smallest absolute Gasteiger partial charge is 0.203 e. The molecule has 1 aromatic rings. The highest BCUT2D eigenvalue weighted by Gasteiger charge is 2.18. The number of aryl methyl sites for hydroxylation is 1. The van der Waals surface area contributed by atoms with Crippen molar-refractivity contribution in [3.63, 3.8) is 0 Å². The summed E-state index contributed by atoms with van der Waals surface area (Å²) in [4.78, 5) is 10.0. The summed E-state index contributed by atoms with van der Waals surface area (Å²) in [7, 11) is 1.05. The van der Waals surface area contributed by atoms with Crippen LogP contribution in [0.3, 0.4) is 0 Å². The molecule has 15 heavy (non-hydrogen) atoms. The lowest BCUT2D eigenvalue weighted by Crippen LogP contribution is -2.01. The number of ether oxygens (including phenoxy) is 1. The summed E-state index contributed by atoms with van der Waals surface area (Å²) in [5.41, 5.74) is -0.169. The Bertz CT molecular complexity index is 377. The Hall–Kier alpha value is -1.52. The number of rotatable bonds is 4. The first kappa shape index (κ1) is 11.6. The van der Waals surface area contributed by atoms with Crippen LogP contribution >= 0.6 is 0 Å².